The lowest BCUT2D eigenvalue weighted by Crippen LogP contribution is -2.56. The van der Waals surface area contributed by atoms with Crippen LogP contribution in [0, 0.1) is 5.41 Å². The maximum absolute atomic E-state index is 4.85. The highest BCUT2D eigenvalue weighted by Gasteiger charge is 2.32. The van der Waals surface area contributed by atoms with E-state index in [1.54, 1.807) is 0 Å². The van der Waals surface area contributed by atoms with Crippen LogP contribution >= 0.6 is 11.3 Å². The fourth-order valence-corrected chi connectivity index (χ4v) is 3.74. The van der Waals surface area contributed by atoms with Crippen LogP contribution in [0.1, 0.15) is 52.2 Å². The number of nitrogens with one attached hydrogen (secondary N) is 1. The van der Waals surface area contributed by atoms with Gasteiger partial charge >= 0.3 is 0 Å². The Labute approximate surface area is 127 Å². The first-order valence-electron chi connectivity index (χ1n) is 7.57. The minimum absolute atomic E-state index is 0.154. The molecule has 3 nitrogen and oxygen atoms in total. The van der Waals surface area contributed by atoms with Crippen LogP contribution in [-0.4, -0.2) is 35.6 Å². The highest BCUT2D eigenvalue weighted by atomic mass is 32.1. The van der Waals surface area contributed by atoms with Crippen molar-refractivity contribution < 1.29 is 0 Å². The maximum Gasteiger partial charge on any atom is 0.107 e. The summed E-state index contributed by atoms with van der Waals surface area (Å²) in [4.78, 5) is 7.45. The second-order valence-electron chi connectivity index (χ2n) is 7.93. The Hall–Kier alpha value is -0.450. The van der Waals surface area contributed by atoms with Crippen molar-refractivity contribution in [2.75, 3.05) is 19.6 Å². The third-order valence-electron chi connectivity index (χ3n) is 4.01. The molecular formula is C16H29N3S. The molecule has 1 saturated heterocycles. The molecule has 1 unspecified atom stereocenters. The number of thiazole rings is 1. The van der Waals surface area contributed by atoms with E-state index in [-0.39, 0.29) is 5.41 Å². The third kappa shape index (κ3) is 3.80. The van der Waals surface area contributed by atoms with Crippen molar-refractivity contribution in [3.63, 3.8) is 0 Å². The molecular weight excluding hydrogens is 266 g/mol. The Morgan fingerprint density at radius 3 is 2.55 bits per heavy atom. The highest BCUT2D eigenvalue weighted by Crippen LogP contribution is 2.29. The van der Waals surface area contributed by atoms with Gasteiger partial charge in [-0.05, 0) is 5.41 Å². The summed E-state index contributed by atoms with van der Waals surface area (Å²) >= 11 is 1.81. The molecule has 0 spiro atoms. The number of hydrogen-bond acceptors (Lipinski definition) is 4. The van der Waals surface area contributed by atoms with E-state index in [9.17, 15) is 0 Å². The summed E-state index contributed by atoms with van der Waals surface area (Å²) in [5.74, 6) is 0. The molecule has 0 amide bonds. The van der Waals surface area contributed by atoms with Gasteiger partial charge < -0.3 is 5.32 Å². The van der Waals surface area contributed by atoms with Crippen LogP contribution < -0.4 is 5.32 Å². The Bertz CT molecular complexity index is 439. The fourth-order valence-electron chi connectivity index (χ4n) is 2.69. The molecule has 4 heteroatoms. The predicted octanol–water partition coefficient (Wildman–Crippen LogP) is 3.26. The molecule has 0 bridgehead atoms. The lowest BCUT2D eigenvalue weighted by molar-refractivity contribution is 0.0688. The van der Waals surface area contributed by atoms with E-state index >= 15 is 0 Å². The summed E-state index contributed by atoms with van der Waals surface area (Å²) < 4.78 is 0. The molecule has 1 N–H and O–H groups in total. The van der Waals surface area contributed by atoms with Gasteiger partial charge in [0.05, 0.1) is 12.2 Å². The first-order chi connectivity index (χ1) is 9.18. The molecule has 0 saturated carbocycles. The van der Waals surface area contributed by atoms with Crippen molar-refractivity contribution in [3.8, 4) is 0 Å². The van der Waals surface area contributed by atoms with Crippen molar-refractivity contribution in [2.24, 2.45) is 5.41 Å². The fraction of sp³-hybridized carbons (Fsp3) is 0.812. The number of piperazine rings is 1. The van der Waals surface area contributed by atoms with Crippen LogP contribution in [0.5, 0.6) is 0 Å². The third-order valence-corrected chi connectivity index (χ3v) is 4.85. The Morgan fingerprint density at radius 2 is 2.00 bits per heavy atom. The van der Waals surface area contributed by atoms with Crippen molar-refractivity contribution in [1.29, 1.82) is 0 Å². The summed E-state index contributed by atoms with van der Waals surface area (Å²) in [5.41, 5.74) is 1.68. The molecule has 1 aliphatic heterocycles. The lowest BCUT2D eigenvalue weighted by Gasteiger charge is -2.43. The predicted molar refractivity (Wildman–Crippen MR) is 87.3 cm³/mol. The smallest absolute Gasteiger partial charge is 0.107 e. The number of aromatic nitrogens is 1. The van der Waals surface area contributed by atoms with Crippen molar-refractivity contribution in [2.45, 2.75) is 59.5 Å². The van der Waals surface area contributed by atoms with Crippen LogP contribution in [0.4, 0.5) is 0 Å². The van der Waals surface area contributed by atoms with Gasteiger partial charge in [-0.1, -0.05) is 41.5 Å². The number of rotatable bonds is 2. The van der Waals surface area contributed by atoms with Crippen LogP contribution in [-0.2, 0) is 12.0 Å². The summed E-state index contributed by atoms with van der Waals surface area (Å²) in [5, 5.41) is 7.01. The van der Waals surface area contributed by atoms with Crippen molar-refractivity contribution >= 4 is 11.3 Å². The zero-order chi connectivity index (χ0) is 15.0. The standard InChI is InChI=1S/C16H29N3S/c1-15(2,3)12-11-20-14(18-12)10-19-8-7-17-9-13(19)16(4,5)6/h11,13,17H,7-10H2,1-6H3. The topological polar surface area (TPSA) is 28.2 Å². The molecule has 1 aromatic heterocycles. The minimum atomic E-state index is 0.154. The Morgan fingerprint density at radius 1 is 1.30 bits per heavy atom. The largest absolute Gasteiger partial charge is 0.314 e. The Kier molecular flexibility index (Phi) is 4.57. The van der Waals surface area contributed by atoms with Gasteiger partial charge in [-0.15, -0.1) is 11.3 Å². The van der Waals surface area contributed by atoms with Gasteiger partial charge in [0.2, 0.25) is 0 Å². The van der Waals surface area contributed by atoms with E-state index in [0.29, 0.717) is 11.5 Å². The van der Waals surface area contributed by atoms with Crippen LogP contribution in [0.25, 0.3) is 0 Å². The SMILES string of the molecule is CC(C)(C)c1csc(CN2CCNCC2C(C)(C)C)n1. The molecule has 114 valence electrons. The van der Waals surface area contributed by atoms with E-state index in [0.717, 1.165) is 26.2 Å². The molecule has 1 aromatic rings. The Balaban J connectivity index is 2.09. The molecule has 0 aliphatic carbocycles. The van der Waals surface area contributed by atoms with Gasteiger partial charge in [0.1, 0.15) is 5.01 Å². The molecule has 2 rings (SSSR count). The molecule has 1 fully saturated rings. The summed E-state index contributed by atoms with van der Waals surface area (Å²) in [6, 6.07) is 0.582. The van der Waals surface area contributed by atoms with Crippen molar-refractivity contribution in [3.05, 3.63) is 16.1 Å². The van der Waals surface area contributed by atoms with E-state index < -0.39 is 0 Å². The zero-order valence-electron chi connectivity index (χ0n) is 13.8. The molecule has 2 heterocycles. The van der Waals surface area contributed by atoms with Crippen molar-refractivity contribution in [1.82, 2.24) is 15.2 Å². The molecule has 1 atom stereocenters. The summed E-state index contributed by atoms with van der Waals surface area (Å²) in [7, 11) is 0. The zero-order valence-corrected chi connectivity index (χ0v) is 14.6. The van der Waals surface area contributed by atoms with Gasteiger partial charge in [-0.3, -0.25) is 4.90 Å². The average Bonchev–Trinajstić information content (AvgIpc) is 2.76. The van der Waals surface area contributed by atoms with E-state index in [4.69, 9.17) is 4.98 Å². The van der Waals surface area contributed by atoms with Crippen LogP contribution in [0.15, 0.2) is 5.38 Å². The number of hydrogen-bond donors (Lipinski definition) is 1. The van der Waals surface area contributed by atoms with Crippen LogP contribution in [0.3, 0.4) is 0 Å². The lowest BCUT2D eigenvalue weighted by atomic mass is 9.84. The first-order valence-corrected chi connectivity index (χ1v) is 8.45. The van der Waals surface area contributed by atoms with Gasteiger partial charge in [0.25, 0.3) is 0 Å². The van der Waals surface area contributed by atoms with Gasteiger partial charge in [0, 0.05) is 36.5 Å². The number of nitrogens with zero attached hydrogens (tertiary/aromatic N) is 2. The summed E-state index contributed by atoms with van der Waals surface area (Å²) in [6.45, 7) is 18.0. The minimum Gasteiger partial charge on any atom is -0.314 e. The van der Waals surface area contributed by atoms with Gasteiger partial charge in [0.15, 0.2) is 0 Å². The second kappa shape index (κ2) is 5.74. The molecule has 1 aliphatic rings. The summed E-state index contributed by atoms with van der Waals surface area (Å²) in [6.07, 6.45) is 0. The van der Waals surface area contributed by atoms with E-state index in [1.807, 2.05) is 11.3 Å². The monoisotopic (exact) mass is 295 g/mol. The first kappa shape index (κ1) is 15.9. The van der Waals surface area contributed by atoms with Gasteiger partial charge in [-0.2, -0.15) is 0 Å². The second-order valence-corrected chi connectivity index (χ2v) is 8.88. The van der Waals surface area contributed by atoms with Gasteiger partial charge in [-0.25, -0.2) is 4.98 Å². The normalized spacial score (nSPS) is 22.2. The average molecular weight is 295 g/mol. The maximum atomic E-state index is 4.85. The van der Waals surface area contributed by atoms with E-state index in [2.05, 4.69) is 57.1 Å². The van der Waals surface area contributed by atoms with E-state index in [1.165, 1.54) is 10.7 Å². The quantitative estimate of drug-likeness (QED) is 0.907. The van der Waals surface area contributed by atoms with Crippen LogP contribution in [0.2, 0.25) is 0 Å². The highest BCUT2D eigenvalue weighted by molar-refractivity contribution is 7.09. The molecule has 20 heavy (non-hydrogen) atoms. The molecule has 0 aromatic carbocycles. The molecule has 0 radical (unpaired) electrons.